The minimum atomic E-state index is -3.42. The topological polar surface area (TPSA) is 90.4 Å². The number of thioether (sulfide) groups is 1. The van der Waals surface area contributed by atoms with Crippen LogP contribution in [-0.4, -0.2) is 34.5 Å². The summed E-state index contributed by atoms with van der Waals surface area (Å²) in [5.74, 6) is 0.803. The lowest BCUT2D eigenvalue weighted by molar-refractivity contribution is 0.201. The molecule has 1 saturated carbocycles. The molecular formula is C12H16N4O2S2. The Morgan fingerprint density at radius 1 is 1.40 bits per heavy atom. The number of primary sulfonamides is 1. The van der Waals surface area contributed by atoms with Crippen LogP contribution in [0.15, 0.2) is 29.6 Å². The molecule has 3 rings (SSSR count). The number of fused-ring (bicyclic) bond motifs is 1. The van der Waals surface area contributed by atoms with E-state index in [1.807, 2.05) is 12.1 Å². The van der Waals surface area contributed by atoms with Gasteiger partial charge in [-0.25, -0.2) is 23.1 Å². The number of nitrogens with two attached hydrogens (primary N) is 1. The lowest BCUT2D eigenvalue weighted by Crippen LogP contribution is -2.41. The van der Waals surface area contributed by atoms with Gasteiger partial charge in [-0.2, -0.15) is 5.10 Å². The van der Waals surface area contributed by atoms with E-state index in [-0.39, 0.29) is 11.2 Å². The van der Waals surface area contributed by atoms with Gasteiger partial charge >= 0.3 is 0 Å². The first-order valence-corrected chi connectivity index (χ1v) is 9.10. The van der Waals surface area contributed by atoms with Gasteiger partial charge in [-0.3, -0.25) is 0 Å². The molecule has 0 radical (unpaired) electrons. The van der Waals surface area contributed by atoms with Gasteiger partial charge in [0.1, 0.15) is 5.03 Å². The summed E-state index contributed by atoms with van der Waals surface area (Å²) in [4.78, 5) is 4.14. The number of hydrogen-bond acceptors (Lipinski definition) is 5. The maximum Gasteiger partial charge on any atom is 0.209 e. The molecule has 1 aliphatic carbocycles. The minimum Gasteiger partial charge on any atom is -0.236 e. The van der Waals surface area contributed by atoms with E-state index in [1.54, 1.807) is 28.7 Å². The predicted molar refractivity (Wildman–Crippen MR) is 78.0 cm³/mol. The molecular weight excluding hydrogens is 296 g/mol. The average molecular weight is 312 g/mol. The summed E-state index contributed by atoms with van der Waals surface area (Å²) in [6.07, 6.45) is 6.41. The highest BCUT2D eigenvalue weighted by atomic mass is 32.2. The Labute approximate surface area is 121 Å². The number of aromatic nitrogens is 3. The number of imidazole rings is 1. The zero-order valence-electron chi connectivity index (χ0n) is 10.9. The first-order valence-electron chi connectivity index (χ1n) is 6.40. The van der Waals surface area contributed by atoms with Crippen LogP contribution in [0.1, 0.15) is 19.3 Å². The predicted octanol–water partition coefficient (Wildman–Crippen LogP) is 1.28. The summed E-state index contributed by atoms with van der Waals surface area (Å²) in [5.41, 5.74) is 0.626. The van der Waals surface area contributed by atoms with E-state index < -0.39 is 10.0 Å². The summed E-state index contributed by atoms with van der Waals surface area (Å²) < 4.78 is 24.4. The van der Waals surface area contributed by atoms with Crippen molar-refractivity contribution in [2.75, 3.05) is 11.5 Å². The van der Waals surface area contributed by atoms with Gasteiger partial charge in [0.15, 0.2) is 5.65 Å². The Bertz CT molecular complexity index is 722. The molecule has 1 aliphatic rings. The van der Waals surface area contributed by atoms with Crippen LogP contribution in [0.2, 0.25) is 0 Å². The van der Waals surface area contributed by atoms with Crippen molar-refractivity contribution in [3.63, 3.8) is 0 Å². The standard InChI is InChI=1S/C12H16N4O2S2/c13-20(17,18)9-12(4-1-5-12)8-19-11-3-2-10-14-6-7-16(10)15-11/h2-3,6-7H,1,4-5,8-9H2,(H2,13,17,18). The van der Waals surface area contributed by atoms with E-state index in [9.17, 15) is 8.42 Å². The smallest absolute Gasteiger partial charge is 0.209 e. The van der Waals surface area contributed by atoms with Crippen molar-refractivity contribution in [2.45, 2.75) is 24.3 Å². The van der Waals surface area contributed by atoms with Gasteiger partial charge in [0, 0.05) is 18.1 Å². The van der Waals surface area contributed by atoms with Gasteiger partial charge in [0.25, 0.3) is 0 Å². The van der Waals surface area contributed by atoms with Crippen LogP contribution in [0.4, 0.5) is 0 Å². The highest BCUT2D eigenvalue weighted by Gasteiger charge is 2.40. The molecule has 2 aromatic heterocycles. The SMILES string of the molecule is NS(=O)(=O)CC1(CSc2ccc3nccn3n2)CCC1. The molecule has 0 unspecified atom stereocenters. The second kappa shape index (κ2) is 5.01. The highest BCUT2D eigenvalue weighted by molar-refractivity contribution is 7.99. The third kappa shape index (κ3) is 2.97. The molecule has 2 aromatic rings. The number of rotatable bonds is 5. The lowest BCUT2D eigenvalue weighted by atomic mass is 9.72. The molecule has 8 heteroatoms. The van der Waals surface area contributed by atoms with Crippen molar-refractivity contribution in [3.05, 3.63) is 24.5 Å². The van der Waals surface area contributed by atoms with Crippen LogP contribution in [0.3, 0.4) is 0 Å². The molecule has 1 fully saturated rings. The molecule has 2 N–H and O–H groups in total. The quantitative estimate of drug-likeness (QED) is 0.840. The number of nitrogens with zero attached hydrogens (tertiary/aromatic N) is 3. The van der Waals surface area contributed by atoms with Crippen LogP contribution in [0.5, 0.6) is 0 Å². The van der Waals surface area contributed by atoms with E-state index in [2.05, 4.69) is 10.1 Å². The molecule has 0 bridgehead atoms. The molecule has 0 spiro atoms. The first kappa shape index (κ1) is 13.8. The minimum absolute atomic E-state index is 0.0698. The van der Waals surface area contributed by atoms with Gasteiger partial charge < -0.3 is 0 Å². The maximum atomic E-state index is 11.3. The van der Waals surface area contributed by atoms with Crippen LogP contribution < -0.4 is 5.14 Å². The monoisotopic (exact) mass is 312 g/mol. The Morgan fingerprint density at radius 3 is 2.85 bits per heavy atom. The van der Waals surface area contributed by atoms with E-state index >= 15 is 0 Å². The molecule has 108 valence electrons. The van der Waals surface area contributed by atoms with Crippen molar-refractivity contribution in [3.8, 4) is 0 Å². The van der Waals surface area contributed by atoms with Crippen molar-refractivity contribution in [1.82, 2.24) is 14.6 Å². The van der Waals surface area contributed by atoms with Gasteiger partial charge in [0.05, 0.1) is 5.75 Å². The molecule has 0 aliphatic heterocycles. The van der Waals surface area contributed by atoms with Gasteiger partial charge in [0.2, 0.25) is 10.0 Å². The Balaban J connectivity index is 1.71. The van der Waals surface area contributed by atoms with Crippen molar-refractivity contribution in [1.29, 1.82) is 0 Å². The lowest BCUT2D eigenvalue weighted by Gasteiger charge is -2.40. The fourth-order valence-corrected chi connectivity index (χ4v) is 5.06. The van der Waals surface area contributed by atoms with Crippen molar-refractivity contribution in [2.24, 2.45) is 10.6 Å². The van der Waals surface area contributed by atoms with E-state index in [1.165, 1.54) is 0 Å². The maximum absolute atomic E-state index is 11.3. The Kier molecular flexibility index (Phi) is 3.47. The molecule has 20 heavy (non-hydrogen) atoms. The molecule has 0 amide bonds. The highest BCUT2D eigenvalue weighted by Crippen LogP contribution is 2.45. The van der Waals surface area contributed by atoms with Crippen LogP contribution in [-0.2, 0) is 10.0 Å². The van der Waals surface area contributed by atoms with Gasteiger partial charge in [-0.1, -0.05) is 6.42 Å². The van der Waals surface area contributed by atoms with Crippen LogP contribution >= 0.6 is 11.8 Å². The summed E-state index contributed by atoms with van der Waals surface area (Å²) >= 11 is 1.58. The summed E-state index contributed by atoms with van der Waals surface area (Å²) in [6.45, 7) is 0. The zero-order valence-corrected chi connectivity index (χ0v) is 12.5. The normalized spacial score (nSPS) is 18.1. The molecule has 0 saturated heterocycles. The second-order valence-corrected chi connectivity index (χ2v) is 7.96. The molecule has 0 atom stereocenters. The molecule has 2 heterocycles. The van der Waals surface area contributed by atoms with Gasteiger partial charge in [-0.05, 0) is 30.4 Å². The fourth-order valence-electron chi connectivity index (χ4n) is 2.54. The number of sulfonamides is 1. The first-order chi connectivity index (χ1) is 9.46. The molecule has 6 nitrogen and oxygen atoms in total. The average Bonchev–Trinajstić information content (AvgIpc) is 2.78. The van der Waals surface area contributed by atoms with E-state index in [4.69, 9.17) is 5.14 Å². The van der Waals surface area contributed by atoms with Crippen molar-refractivity contribution < 1.29 is 8.42 Å². The Morgan fingerprint density at radius 2 is 2.20 bits per heavy atom. The van der Waals surface area contributed by atoms with Gasteiger partial charge in [-0.15, -0.1) is 11.8 Å². The van der Waals surface area contributed by atoms with Crippen LogP contribution in [0, 0.1) is 5.41 Å². The largest absolute Gasteiger partial charge is 0.236 e. The van der Waals surface area contributed by atoms with E-state index in [0.717, 1.165) is 35.7 Å². The number of hydrogen-bond donors (Lipinski definition) is 1. The van der Waals surface area contributed by atoms with Crippen molar-refractivity contribution >= 4 is 27.4 Å². The summed E-state index contributed by atoms with van der Waals surface area (Å²) in [5, 5.41) is 10.5. The second-order valence-electron chi connectivity index (χ2n) is 5.35. The fraction of sp³-hybridized carbons (Fsp3) is 0.500. The summed E-state index contributed by atoms with van der Waals surface area (Å²) in [7, 11) is -3.42. The molecule has 0 aromatic carbocycles. The third-order valence-corrected chi connectivity index (χ3v) is 5.96. The zero-order chi connectivity index (χ0) is 14.2. The Hall–Kier alpha value is -1.12. The van der Waals surface area contributed by atoms with E-state index in [0.29, 0.717) is 0 Å². The third-order valence-electron chi connectivity index (χ3n) is 3.68. The summed E-state index contributed by atoms with van der Waals surface area (Å²) in [6, 6.07) is 3.82. The van der Waals surface area contributed by atoms with Crippen LogP contribution in [0.25, 0.3) is 5.65 Å².